The number of methoxy groups -OCH3 is 2. The Labute approximate surface area is 87.4 Å². The summed E-state index contributed by atoms with van der Waals surface area (Å²) in [6, 6.07) is 1.75. The lowest BCUT2D eigenvalue weighted by molar-refractivity contribution is 0.260. The third-order valence-electron chi connectivity index (χ3n) is 2.08. The van der Waals surface area contributed by atoms with Crippen molar-refractivity contribution in [3.8, 4) is 11.5 Å². The summed E-state index contributed by atoms with van der Waals surface area (Å²) in [6.07, 6.45) is 0. The van der Waals surface area contributed by atoms with Crippen LogP contribution < -0.4 is 15.2 Å². The van der Waals surface area contributed by atoms with Gasteiger partial charge in [-0.2, -0.15) is 0 Å². The molecule has 0 aliphatic rings. The van der Waals surface area contributed by atoms with Crippen LogP contribution in [0.1, 0.15) is 11.6 Å². The van der Waals surface area contributed by atoms with Crippen LogP contribution in [0.4, 0.5) is 4.39 Å². The second-order valence-corrected chi connectivity index (χ2v) is 3.01. The average Bonchev–Trinajstić information content (AvgIpc) is 2.26. The molecule has 0 spiro atoms. The van der Waals surface area contributed by atoms with Gasteiger partial charge in [0.2, 0.25) is 0 Å². The summed E-state index contributed by atoms with van der Waals surface area (Å²) in [5.74, 6) is 0.0689. The quantitative estimate of drug-likeness (QED) is 0.781. The number of aliphatic hydroxyl groups is 1. The molecule has 4 nitrogen and oxygen atoms in total. The summed E-state index contributed by atoms with van der Waals surface area (Å²) in [5.41, 5.74) is 6.13. The monoisotopic (exact) mass is 215 g/mol. The van der Waals surface area contributed by atoms with E-state index in [9.17, 15) is 4.39 Å². The fourth-order valence-electron chi connectivity index (χ4n) is 1.36. The van der Waals surface area contributed by atoms with Gasteiger partial charge in [0, 0.05) is 12.1 Å². The standard InChI is InChI=1S/C10H14FNO3/c1-14-8-3-6(11)4-9(15-2)10(8)7(12)5-13/h3-4,7,13H,5,12H2,1-2H3. The lowest BCUT2D eigenvalue weighted by atomic mass is 10.1. The minimum absolute atomic E-state index is 0.266. The minimum atomic E-state index is -0.657. The van der Waals surface area contributed by atoms with Gasteiger partial charge in [0.25, 0.3) is 0 Å². The molecule has 0 radical (unpaired) electrons. The zero-order chi connectivity index (χ0) is 11.4. The van der Waals surface area contributed by atoms with E-state index in [1.807, 2.05) is 0 Å². The summed E-state index contributed by atoms with van der Waals surface area (Å²) >= 11 is 0. The molecule has 0 heterocycles. The summed E-state index contributed by atoms with van der Waals surface area (Å²) < 4.78 is 23.0. The largest absolute Gasteiger partial charge is 0.496 e. The summed E-state index contributed by atoms with van der Waals surface area (Å²) in [4.78, 5) is 0. The molecule has 0 aromatic heterocycles. The van der Waals surface area contributed by atoms with Crippen LogP contribution in [0.15, 0.2) is 12.1 Å². The van der Waals surface area contributed by atoms with Gasteiger partial charge in [-0.3, -0.25) is 0 Å². The molecule has 1 rings (SSSR count). The van der Waals surface area contributed by atoms with E-state index in [1.165, 1.54) is 26.4 Å². The summed E-state index contributed by atoms with van der Waals surface area (Å²) in [7, 11) is 2.81. The Morgan fingerprint density at radius 3 is 2.13 bits per heavy atom. The van der Waals surface area contributed by atoms with Crippen LogP contribution in [-0.2, 0) is 0 Å². The van der Waals surface area contributed by atoms with E-state index in [-0.39, 0.29) is 18.1 Å². The topological polar surface area (TPSA) is 64.7 Å². The van der Waals surface area contributed by atoms with Gasteiger partial charge in [-0.1, -0.05) is 0 Å². The Balaban J connectivity index is 3.30. The van der Waals surface area contributed by atoms with Crippen molar-refractivity contribution < 1.29 is 19.0 Å². The molecule has 0 amide bonds. The Bertz CT molecular complexity index is 318. The number of rotatable bonds is 4. The van der Waals surface area contributed by atoms with Gasteiger partial charge in [-0.25, -0.2) is 4.39 Å². The lowest BCUT2D eigenvalue weighted by Crippen LogP contribution is -2.16. The van der Waals surface area contributed by atoms with Crippen LogP contribution in [0, 0.1) is 5.82 Å². The van der Waals surface area contributed by atoms with Crippen LogP contribution in [-0.4, -0.2) is 25.9 Å². The zero-order valence-electron chi connectivity index (χ0n) is 8.66. The van der Waals surface area contributed by atoms with E-state index in [4.69, 9.17) is 20.3 Å². The first-order valence-electron chi connectivity index (χ1n) is 4.41. The molecule has 0 aliphatic heterocycles. The predicted molar refractivity (Wildman–Crippen MR) is 53.5 cm³/mol. The normalized spacial score (nSPS) is 12.3. The smallest absolute Gasteiger partial charge is 0.130 e. The third kappa shape index (κ3) is 2.37. The lowest BCUT2D eigenvalue weighted by Gasteiger charge is -2.17. The molecular formula is C10H14FNO3. The van der Waals surface area contributed by atoms with E-state index in [0.29, 0.717) is 5.56 Å². The van der Waals surface area contributed by atoms with Crippen LogP contribution in [0.3, 0.4) is 0 Å². The van der Waals surface area contributed by atoms with Crippen LogP contribution in [0.2, 0.25) is 0 Å². The maximum Gasteiger partial charge on any atom is 0.130 e. The zero-order valence-corrected chi connectivity index (χ0v) is 8.66. The molecule has 5 heteroatoms. The number of hydrogen-bond acceptors (Lipinski definition) is 4. The highest BCUT2D eigenvalue weighted by Crippen LogP contribution is 2.33. The van der Waals surface area contributed by atoms with Crippen molar-refractivity contribution in [2.24, 2.45) is 5.73 Å². The van der Waals surface area contributed by atoms with Crippen molar-refractivity contribution in [3.05, 3.63) is 23.5 Å². The highest BCUT2D eigenvalue weighted by Gasteiger charge is 2.18. The number of nitrogens with two attached hydrogens (primary N) is 1. The number of aliphatic hydroxyl groups excluding tert-OH is 1. The van der Waals surface area contributed by atoms with Crippen LogP contribution in [0.5, 0.6) is 11.5 Å². The second-order valence-electron chi connectivity index (χ2n) is 3.01. The average molecular weight is 215 g/mol. The van der Waals surface area contributed by atoms with E-state index >= 15 is 0 Å². The maximum absolute atomic E-state index is 13.1. The molecule has 0 saturated heterocycles. The molecule has 1 unspecified atom stereocenters. The molecule has 0 bridgehead atoms. The molecule has 0 saturated carbocycles. The van der Waals surface area contributed by atoms with Gasteiger partial charge in [0.05, 0.1) is 32.4 Å². The van der Waals surface area contributed by atoms with E-state index in [1.54, 1.807) is 0 Å². The predicted octanol–water partition coefficient (Wildman–Crippen LogP) is 0.835. The highest BCUT2D eigenvalue weighted by molar-refractivity contribution is 5.47. The van der Waals surface area contributed by atoms with E-state index in [2.05, 4.69) is 0 Å². The van der Waals surface area contributed by atoms with Gasteiger partial charge in [-0.05, 0) is 0 Å². The van der Waals surface area contributed by atoms with Crippen LogP contribution in [0.25, 0.3) is 0 Å². The summed E-state index contributed by atoms with van der Waals surface area (Å²) in [6.45, 7) is -0.266. The fourth-order valence-corrected chi connectivity index (χ4v) is 1.36. The van der Waals surface area contributed by atoms with E-state index < -0.39 is 11.9 Å². The van der Waals surface area contributed by atoms with Crippen molar-refractivity contribution in [2.75, 3.05) is 20.8 Å². The van der Waals surface area contributed by atoms with Crippen molar-refractivity contribution in [3.63, 3.8) is 0 Å². The Hall–Kier alpha value is -1.33. The molecule has 0 fully saturated rings. The van der Waals surface area contributed by atoms with Gasteiger partial charge in [0.1, 0.15) is 17.3 Å². The Morgan fingerprint density at radius 2 is 1.80 bits per heavy atom. The maximum atomic E-state index is 13.1. The van der Waals surface area contributed by atoms with E-state index in [0.717, 1.165) is 0 Å². The van der Waals surface area contributed by atoms with Gasteiger partial charge < -0.3 is 20.3 Å². The van der Waals surface area contributed by atoms with Crippen molar-refractivity contribution >= 4 is 0 Å². The number of benzene rings is 1. The van der Waals surface area contributed by atoms with Gasteiger partial charge in [0.15, 0.2) is 0 Å². The van der Waals surface area contributed by atoms with Crippen molar-refractivity contribution in [1.82, 2.24) is 0 Å². The highest BCUT2D eigenvalue weighted by atomic mass is 19.1. The van der Waals surface area contributed by atoms with Crippen molar-refractivity contribution in [2.45, 2.75) is 6.04 Å². The SMILES string of the molecule is COc1cc(F)cc(OC)c1C(N)CO. The molecule has 1 atom stereocenters. The molecule has 1 aromatic rings. The number of halogens is 1. The molecule has 15 heavy (non-hydrogen) atoms. The second kappa shape index (κ2) is 4.95. The first-order valence-corrected chi connectivity index (χ1v) is 4.41. The minimum Gasteiger partial charge on any atom is -0.496 e. The van der Waals surface area contributed by atoms with Crippen molar-refractivity contribution in [1.29, 1.82) is 0 Å². The van der Waals surface area contributed by atoms with Gasteiger partial charge >= 0.3 is 0 Å². The molecule has 0 aliphatic carbocycles. The molecule has 1 aromatic carbocycles. The first kappa shape index (κ1) is 11.7. The fraction of sp³-hybridized carbons (Fsp3) is 0.400. The first-order chi connectivity index (χ1) is 7.13. The van der Waals surface area contributed by atoms with Crippen LogP contribution >= 0.6 is 0 Å². The molecule has 3 N–H and O–H groups in total. The Kier molecular flexibility index (Phi) is 3.88. The Morgan fingerprint density at radius 1 is 1.33 bits per heavy atom. The van der Waals surface area contributed by atoms with Gasteiger partial charge in [-0.15, -0.1) is 0 Å². The number of hydrogen-bond donors (Lipinski definition) is 2. The molecular weight excluding hydrogens is 201 g/mol. The molecule has 84 valence electrons. The number of ether oxygens (including phenoxy) is 2. The third-order valence-corrected chi connectivity index (χ3v) is 2.08. The summed E-state index contributed by atoms with van der Waals surface area (Å²) in [5, 5.41) is 8.97.